The van der Waals surface area contributed by atoms with Crippen LogP contribution in [0, 0.1) is 5.82 Å². The summed E-state index contributed by atoms with van der Waals surface area (Å²) in [7, 11) is 0. The summed E-state index contributed by atoms with van der Waals surface area (Å²) in [4.78, 5) is 6.69. The van der Waals surface area contributed by atoms with Crippen LogP contribution in [-0.4, -0.2) is 11.5 Å². The van der Waals surface area contributed by atoms with E-state index in [0.717, 1.165) is 31.4 Å². The van der Waals surface area contributed by atoms with E-state index in [0.29, 0.717) is 0 Å². The molecule has 0 bridgehead atoms. The average Bonchev–Trinajstić information content (AvgIpc) is 2.91. The Hall–Kier alpha value is -1.26. The number of thiophene rings is 1. The van der Waals surface area contributed by atoms with Gasteiger partial charge in [0.15, 0.2) is 0 Å². The first kappa shape index (κ1) is 15.1. The van der Waals surface area contributed by atoms with Gasteiger partial charge >= 0.3 is 0 Å². The molecule has 1 unspecified atom stereocenters. The van der Waals surface area contributed by atoms with Gasteiger partial charge in [-0.15, -0.1) is 11.3 Å². The Morgan fingerprint density at radius 2 is 2.05 bits per heavy atom. The van der Waals surface area contributed by atoms with Crippen LogP contribution in [0.4, 0.5) is 4.39 Å². The normalized spacial score (nSPS) is 12.6. The maximum atomic E-state index is 13.4. The van der Waals surface area contributed by atoms with Crippen LogP contribution >= 0.6 is 11.3 Å². The van der Waals surface area contributed by atoms with Gasteiger partial charge in [-0.05, 0) is 43.1 Å². The Labute approximate surface area is 124 Å². The third-order valence-corrected chi connectivity index (χ3v) is 4.49. The van der Waals surface area contributed by atoms with Gasteiger partial charge in [-0.2, -0.15) is 0 Å². The van der Waals surface area contributed by atoms with Gasteiger partial charge in [0.2, 0.25) is 0 Å². The molecule has 2 aromatic rings. The molecule has 0 saturated heterocycles. The Morgan fingerprint density at radius 3 is 2.70 bits per heavy atom. The zero-order chi connectivity index (χ0) is 14.4. The van der Waals surface area contributed by atoms with E-state index in [1.807, 2.05) is 11.3 Å². The van der Waals surface area contributed by atoms with Crippen molar-refractivity contribution in [1.29, 1.82) is 0 Å². The lowest BCUT2D eigenvalue weighted by molar-refractivity contribution is 0.524. The summed E-state index contributed by atoms with van der Waals surface area (Å²) in [5.41, 5.74) is 0.921. The molecule has 0 aliphatic rings. The molecular weight excluding hydrogens is 271 g/mol. The predicted octanol–water partition coefficient (Wildman–Crippen LogP) is 4.13. The molecular formula is C16H21FN2S. The van der Waals surface area contributed by atoms with Crippen LogP contribution in [0.2, 0.25) is 0 Å². The van der Waals surface area contributed by atoms with Crippen LogP contribution in [0.1, 0.15) is 41.6 Å². The SMILES string of the molecule is CCCNC(Cc1ccc(CC)s1)c1cncc(F)c1. The number of aromatic nitrogens is 1. The van der Waals surface area contributed by atoms with Gasteiger partial charge in [0.25, 0.3) is 0 Å². The standard InChI is InChI=1S/C16H21FN2S/c1-3-7-19-16(12-8-13(17)11-18-10-12)9-15-6-5-14(4-2)20-15/h5-6,8,10-11,16,19H,3-4,7,9H2,1-2H3. The number of halogens is 1. The summed E-state index contributed by atoms with van der Waals surface area (Å²) in [5.74, 6) is -0.272. The third kappa shape index (κ3) is 4.12. The van der Waals surface area contributed by atoms with Crippen molar-refractivity contribution in [2.45, 2.75) is 39.2 Å². The summed E-state index contributed by atoms with van der Waals surface area (Å²) in [6.07, 6.45) is 6.02. The highest BCUT2D eigenvalue weighted by Gasteiger charge is 2.14. The predicted molar refractivity (Wildman–Crippen MR) is 82.6 cm³/mol. The number of pyridine rings is 1. The maximum Gasteiger partial charge on any atom is 0.141 e. The minimum atomic E-state index is -0.272. The molecule has 4 heteroatoms. The maximum absolute atomic E-state index is 13.4. The largest absolute Gasteiger partial charge is 0.310 e. The van der Waals surface area contributed by atoms with Crippen molar-refractivity contribution in [2.75, 3.05) is 6.54 Å². The zero-order valence-electron chi connectivity index (χ0n) is 12.0. The molecule has 20 heavy (non-hydrogen) atoms. The molecule has 0 aliphatic carbocycles. The summed E-state index contributed by atoms with van der Waals surface area (Å²) in [5, 5.41) is 3.49. The van der Waals surface area contributed by atoms with E-state index < -0.39 is 0 Å². The van der Waals surface area contributed by atoms with Crippen molar-refractivity contribution in [3.05, 3.63) is 51.7 Å². The first-order chi connectivity index (χ1) is 9.72. The molecule has 0 aliphatic heterocycles. The van der Waals surface area contributed by atoms with E-state index in [4.69, 9.17) is 0 Å². The highest BCUT2D eigenvalue weighted by molar-refractivity contribution is 7.11. The van der Waals surface area contributed by atoms with Crippen LogP contribution in [0.25, 0.3) is 0 Å². The molecule has 1 N–H and O–H groups in total. The lowest BCUT2D eigenvalue weighted by atomic mass is 10.0. The van der Waals surface area contributed by atoms with E-state index in [2.05, 4.69) is 36.3 Å². The average molecular weight is 292 g/mol. The second-order valence-corrected chi connectivity index (χ2v) is 6.12. The molecule has 2 aromatic heterocycles. The molecule has 0 spiro atoms. The third-order valence-electron chi connectivity index (χ3n) is 3.24. The van der Waals surface area contributed by atoms with Gasteiger partial charge in [0, 0.05) is 28.4 Å². The lowest BCUT2D eigenvalue weighted by Crippen LogP contribution is -2.24. The molecule has 108 valence electrons. The number of nitrogens with zero attached hydrogens (tertiary/aromatic N) is 1. The fourth-order valence-corrected chi connectivity index (χ4v) is 3.17. The van der Waals surface area contributed by atoms with Crippen molar-refractivity contribution in [3.8, 4) is 0 Å². The fraction of sp³-hybridized carbons (Fsp3) is 0.438. The van der Waals surface area contributed by atoms with Gasteiger partial charge in [-0.1, -0.05) is 13.8 Å². The van der Waals surface area contributed by atoms with Gasteiger partial charge in [-0.3, -0.25) is 4.98 Å². The van der Waals surface area contributed by atoms with Crippen LogP contribution in [0.15, 0.2) is 30.6 Å². The molecule has 0 fully saturated rings. The molecule has 2 heterocycles. The van der Waals surface area contributed by atoms with Crippen LogP contribution in [0.5, 0.6) is 0 Å². The Bertz CT molecular complexity index is 539. The lowest BCUT2D eigenvalue weighted by Gasteiger charge is -2.18. The molecule has 2 rings (SSSR count). The smallest absolute Gasteiger partial charge is 0.141 e. The molecule has 0 aromatic carbocycles. The second kappa shape index (κ2) is 7.50. The molecule has 0 amide bonds. The summed E-state index contributed by atoms with van der Waals surface area (Å²) >= 11 is 1.84. The first-order valence-electron chi connectivity index (χ1n) is 7.14. The second-order valence-electron chi connectivity index (χ2n) is 4.87. The van der Waals surface area contributed by atoms with E-state index >= 15 is 0 Å². The number of aryl methyl sites for hydroxylation is 1. The van der Waals surface area contributed by atoms with Crippen LogP contribution in [-0.2, 0) is 12.8 Å². The van der Waals surface area contributed by atoms with Gasteiger partial charge in [0.05, 0.1) is 6.20 Å². The van der Waals surface area contributed by atoms with E-state index in [9.17, 15) is 4.39 Å². The molecule has 0 radical (unpaired) electrons. The first-order valence-corrected chi connectivity index (χ1v) is 7.96. The Kier molecular flexibility index (Phi) is 5.68. The quantitative estimate of drug-likeness (QED) is 0.830. The van der Waals surface area contributed by atoms with Crippen molar-refractivity contribution in [2.24, 2.45) is 0 Å². The molecule has 0 saturated carbocycles. The molecule has 1 atom stereocenters. The number of nitrogens with one attached hydrogen (secondary N) is 1. The zero-order valence-corrected chi connectivity index (χ0v) is 12.8. The van der Waals surface area contributed by atoms with Crippen molar-refractivity contribution < 1.29 is 4.39 Å². The topological polar surface area (TPSA) is 24.9 Å². The fourth-order valence-electron chi connectivity index (χ4n) is 2.17. The van der Waals surface area contributed by atoms with E-state index in [1.165, 1.54) is 16.0 Å². The Balaban J connectivity index is 2.14. The minimum absolute atomic E-state index is 0.126. The number of hydrogen-bond acceptors (Lipinski definition) is 3. The summed E-state index contributed by atoms with van der Waals surface area (Å²) in [6, 6.07) is 6.06. The van der Waals surface area contributed by atoms with E-state index in [1.54, 1.807) is 12.3 Å². The number of rotatable bonds is 7. The van der Waals surface area contributed by atoms with Gasteiger partial charge < -0.3 is 5.32 Å². The minimum Gasteiger partial charge on any atom is -0.310 e. The van der Waals surface area contributed by atoms with Crippen molar-refractivity contribution in [1.82, 2.24) is 10.3 Å². The van der Waals surface area contributed by atoms with Crippen LogP contribution < -0.4 is 5.32 Å². The highest BCUT2D eigenvalue weighted by Crippen LogP contribution is 2.24. The van der Waals surface area contributed by atoms with Crippen molar-refractivity contribution in [3.63, 3.8) is 0 Å². The van der Waals surface area contributed by atoms with E-state index in [-0.39, 0.29) is 11.9 Å². The Morgan fingerprint density at radius 1 is 1.25 bits per heavy atom. The van der Waals surface area contributed by atoms with Gasteiger partial charge in [-0.25, -0.2) is 4.39 Å². The highest BCUT2D eigenvalue weighted by atomic mass is 32.1. The van der Waals surface area contributed by atoms with Crippen LogP contribution in [0.3, 0.4) is 0 Å². The number of hydrogen-bond donors (Lipinski definition) is 1. The summed E-state index contributed by atoms with van der Waals surface area (Å²) in [6.45, 7) is 5.22. The van der Waals surface area contributed by atoms with Crippen molar-refractivity contribution >= 4 is 11.3 Å². The van der Waals surface area contributed by atoms with Gasteiger partial charge in [0.1, 0.15) is 5.82 Å². The summed E-state index contributed by atoms with van der Waals surface area (Å²) < 4.78 is 13.4. The monoisotopic (exact) mass is 292 g/mol. The molecule has 2 nitrogen and oxygen atoms in total.